The number of methoxy groups -OCH3 is 1. The predicted molar refractivity (Wildman–Crippen MR) is 115 cm³/mol. The summed E-state index contributed by atoms with van der Waals surface area (Å²) < 4.78 is 49.3. The highest BCUT2D eigenvalue weighted by atomic mass is 19.3. The molecule has 9 heteroatoms. The Hall–Kier alpha value is -3.23. The molecule has 1 saturated carbocycles. The van der Waals surface area contributed by atoms with Crippen LogP contribution >= 0.6 is 0 Å². The molecular weight excluding hydrogens is 421 g/mol. The average molecular weight is 444 g/mol. The largest absolute Gasteiger partial charge is 0.481 e. The van der Waals surface area contributed by atoms with Gasteiger partial charge in [0.25, 0.3) is 0 Å². The fourth-order valence-electron chi connectivity index (χ4n) is 3.90. The second-order valence-electron chi connectivity index (χ2n) is 8.09. The smallest absolute Gasteiger partial charge is 0.248 e. The summed E-state index contributed by atoms with van der Waals surface area (Å²) in [5.74, 6) is -3.27. The maximum Gasteiger partial charge on any atom is 0.248 e. The van der Waals surface area contributed by atoms with Gasteiger partial charge in [0.15, 0.2) is 11.5 Å². The van der Waals surface area contributed by atoms with Crippen molar-refractivity contribution in [1.82, 2.24) is 19.7 Å². The lowest BCUT2D eigenvalue weighted by molar-refractivity contribution is -0.0447. The lowest BCUT2D eigenvalue weighted by Gasteiger charge is -2.30. The molecule has 1 aliphatic carbocycles. The quantitative estimate of drug-likeness (QED) is 0.565. The summed E-state index contributed by atoms with van der Waals surface area (Å²) in [6.07, 6.45) is 2.42. The summed E-state index contributed by atoms with van der Waals surface area (Å²) in [5.41, 5.74) is 1.36. The molecule has 0 unspecified atom stereocenters. The highest BCUT2D eigenvalue weighted by molar-refractivity contribution is 5.82. The maximum absolute atomic E-state index is 15.3. The minimum Gasteiger partial charge on any atom is -0.481 e. The van der Waals surface area contributed by atoms with Gasteiger partial charge in [0.05, 0.1) is 18.7 Å². The molecule has 0 spiro atoms. The molecule has 1 aliphatic rings. The molecule has 3 aromatic rings. The van der Waals surface area contributed by atoms with Gasteiger partial charge in [-0.2, -0.15) is 5.10 Å². The van der Waals surface area contributed by atoms with Crippen LogP contribution in [0.4, 0.5) is 13.2 Å². The highest BCUT2D eigenvalue weighted by Gasteiger charge is 2.36. The zero-order chi connectivity index (χ0) is 23.0. The summed E-state index contributed by atoms with van der Waals surface area (Å²) in [5, 5.41) is 4.31. The number of pyridine rings is 2. The Kier molecular flexibility index (Phi) is 5.75. The van der Waals surface area contributed by atoms with Crippen LogP contribution in [-0.4, -0.2) is 32.8 Å². The van der Waals surface area contributed by atoms with Crippen molar-refractivity contribution >= 4 is 22.9 Å². The van der Waals surface area contributed by atoms with Crippen molar-refractivity contribution < 1.29 is 17.9 Å². The van der Waals surface area contributed by atoms with E-state index in [2.05, 4.69) is 15.1 Å². The number of ether oxygens (including phenoxy) is 1. The van der Waals surface area contributed by atoms with E-state index in [0.29, 0.717) is 22.7 Å². The first kappa shape index (κ1) is 22.0. The number of nitrogens with zero attached hydrogens (tertiary/aromatic N) is 4. The molecule has 6 nitrogen and oxygen atoms in total. The van der Waals surface area contributed by atoms with Gasteiger partial charge in [0.1, 0.15) is 5.52 Å². The van der Waals surface area contributed by atoms with Crippen molar-refractivity contribution in [2.45, 2.75) is 51.5 Å². The zero-order valence-corrected chi connectivity index (χ0v) is 18.0. The maximum atomic E-state index is 15.3. The minimum absolute atomic E-state index is 0.0753. The third kappa shape index (κ3) is 4.24. The molecule has 3 aromatic heterocycles. The average Bonchev–Trinajstić information content (AvgIpc) is 2.76. The third-order valence-corrected chi connectivity index (χ3v) is 5.85. The lowest BCUT2D eigenvalue weighted by Crippen LogP contribution is -2.29. The molecule has 0 aromatic carbocycles. The monoisotopic (exact) mass is 444 g/mol. The van der Waals surface area contributed by atoms with Gasteiger partial charge in [-0.15, -0.1) is 0 Å². The van der Waals surface area contributed by atoms with Crippen molar-refractivity contribution in [1.29, 1.82) is 0 Å². The number of halogens is 3. The predicted octanol–water partition coefficient (Wildman–Crippen LogP) is 5.03. The minimum atomic E-state index is -2.72. The molecule has 3 heterocycles. The van der Waals surface area contributed by atoms with Gasteiger partial charge >= 0.3 is 0 Å². The Labute approximate surface area is 182 Å². The van der Waals surface area contributed by atoms with E-state index in [9.17, 15) is 13.6 Å². The first-order valence-electron chi connectivity index (χ1n) is 10.3. The van der Waals surface area contributed by atoms with Gasteiger partial charge in [-0.25, -0.2) is 23.1 Å². The van der Waals surface area contributed by atoms with Crippen LogP contribution in [0.25, 0.3) is 22.9 Å². The standard InChI is InChI=1S/C23H23F3N4O2/c1-13-10-18-21(28-14(13)2)22(31)20(17(24)11-15-6-9-27-19(12-15)32-3)29-30(18)16-4-7-23(25,26)8-5-16/h6,9-12,16H,4-5,7-8H2,1-3H3/b17-11-. The lowest BCUT2D eigenvalue weighted by atomic mass is 9.92. The Morgan fingerprint density at radius 3 is 2.66 bits per heavy atom. The van der Waals surface area contributed by atoms with E-state index in [-0.39, 0.29) is 37.2 Å². The van der Waals surface area contributed by atoms with E-state index < -0.39 is 22.9 Å². The molecule has 168 valence electrons. The van der Waals surface area contributed by atoms with Crippen LogP contribution in [0.2, 0.25) is 0 Å². The van der Waals surface area contributed by atoms with Crippen LogP contribution in [0.5, 0.6) is 5.88 Å². The summed E-state index contributed by atoms with van der Waals surface area (Å²) in [6.45, 7) is 3.60. The van der Waals surface area contributed by atoms with Gasteiger partial charge in [0, 0.05) is 30.8 Å². The van der Waals surface area contributed by atoms with Gasteiger partial charge in [-0.1, -0.05) is 0 Å². The Morgan fingerprint density at radius 1 is 1.25 bits per heavy atom. The summed E-state index contributed by atoms with van der Waals surface area (Å²) in [7, 11) is 1.44. The summed E-state index contributed by atoms with van der Waals surface area (Å²) >= 11 is 0. The number of alkyl halides is 2. The van der Waals surface area contributed by atoms with Gasteiger partial charge in [-0.05, 0) is 56.0 Å². The van der Waals surface area contributed by atoms with Crippen LogP contribution in [-0.2, 0) is 0 Å². The van der Waals surface area contributed by atoms with E-state index >= 15 is 4.39 Å². The topological polar surface area (TPSA) is 69.9 Å². The molecule has 0 amide bonds. The van der Waals surface area contributed by atoms with Gasteiger partial charge in [0.2, 0.25) is 17.2 Å². The Morgan fingerprint density at radius 2 is 1.97 bits per heavy atom. The van der Waals surface area contributed by atoms with Crippen molar-refractivity contribution in [2.75, 3.05) is 7.11 Å². The normalized spacial score (nSPS) is 17.0. The van der Waals surface area contributed by atoms with Crippen LogP contribution < -0.4 is 10.2 Å². The number of hydrogen-bond donors (Lipinski definition) is 0. The first-order valence-corrected chi connectivity index (χ1v) is 10.3. The van der Waals surface area contributed by atoms with E-state index in [4.69, 9.17) is 4.74 Å². The fourth-order valence-corrected chi connectivity index (χ4v) is 3.90. The SMILES string of the molecule is COc1cc(/C=C(\F)c2nn(C3CCC(F)(F)CC3)c3cc(C)c(C)nc3c2=O)ccn1. The third-order valence-electron chi connectivity index (χ3n) is 5.85. The first-order chi connectivity index (χ1) is 15.2. The van der Waals surface area contributed by atoms with Crippen molar-refractivity contribution in [2.24, 2.45) is 0 Å². The van der Waals surface area contributed by atoms with Crippen LogP contribution in [0.1, 0.15) is 54.2 Å². The number of hydrogen-bond acceptors (Lipinski definition) is 5. The van der Waals surface area contributed by atoms with Crippen molar-refractivity contribution in [3.8, 4) is 5.88 Å². The number of aromatic nitrogens is 4. The van der Waals surface area contributed by atoms with E-state index in [1.807, 2.05) is 6.92 Å². The molecule has 0 atom stereocenters. The number of aryl methyl sites for hydroxylation is 2. The second-order valence-corrected chi connectivity index (χ2v) is 8.09. The fraction of sp³-hybridized carbons (Fsp3) is 0.391. The van der Waals surface area contributed by atoms with Crippen LogP contribution in [0.3, 0.4) is 0 Å². The molecule has 32 heavy (non-hydrogen) atoms. The Bertz CT molecular complexity index is 1260. The van der Waals surface area contributed by atoms with Gasteiger partial charge < -0.3 is 4.74 Å². The molecule has 4 rings (SSSR count). The molecule has 0 bridgehead atoms. The molecule has 0 aliphatic heterocycles. The molecule has 0 saturated heterocycles. The van der Waals surface area contributed by atoms with Gasteiger partial charge in [-0.3, -0.25) is 9.48 Å². The number of rotatable bonds is 4. The second kappa shape index (κ2) is 8.37. The van der Waals surface area contributed by atoms with Crippen molar-refractivity contribution in [3.05, 3.63) is 57.1 Å². The molecule has 0 N–H and O–H groups in total. The highest BCUT2D eigenvalue weighted by Crippen LogP contribution is 2.39. The van der Waals surface area contributed by atoms with E-state index in [0.717, 1.165) is 5.56 Å². The number of fused-ring (bicyclic) bond motifs is 1. The molecular formula is C23H23F3N4O2. The molecule has 0 radical (unpaired) electrons. The molecule has 1 fully saturated rings. The van der Waals surface area contributed by atoms with Crippen LogP contribution in [0, 0.1) is 13.8 Å². The van der Waals surface area contributed by atoms with Crippen molar-refractivity contribution in [3.63, 3.8) is 0 Å². The summed E-state index contributed by atoms with van der Waals surface area (Å²) in [6, 6.07) is 4.47. The Balaban J connectivity index is 1.87. The summed E-state index contributed by atoms with van der Waals surface area (Å²) in [4.78, 5) is 21.5. The zero-order valence-electron chi connectivity index (χ0n) is 18.0. The van der Waals surface area contributed by atoms with E-state index in [1.165, 1.54) is 30.1 Å². The van der Waals surface area contributed by atoms with E-state index in [1.54, 1.807) is 19.1 Å². The van der Waals surface area contributed by atoms with Crippen LogP contribution in [0.15, 0.2) is 29.2 Å².